The lowest BCUT2D eigenvalue weighted by molar-refractivity contribution is 0.384. The fourth-order valence-electron chi connectivity index (χ4n) is 3.63. The van der Waals surface area contributed by atoms with Crippen LogP contribution in [0, 0.1) is 0 Å². The highest BCUT2D eigenvalue weighted by atomic mass is 32.2. The minimum absolute atomic E-state index is 0.0206. The van der Waals surface area contributed by atoms with E-state index in [0.717, 1.165) is 0 Å². The van der Waals surface area contributed by atoms with Crippen LogP contribution in [0.4, 0.5) is 5.95 Å². The van der Waals surface area contributed by atoms with Crippen molar-refractivity contribution in [2.75, 3.05) is 40.0 Å². The number of anilines is 1. The number of nitrogens with two attached hydrogens (primary N) is 1. The van der Waals surface area contributed by atoms with E-state index in [1.807, 2.05) is 25.1 Å². The highest BCUT2D eigenvalue weighted by molar-refractivity contribution is 7.89. The van der Waals surface area contributed by atoms with Crippen molar-refractivity contribution in [1.82, 2.24) is 24.2 Å². The van der Waals surface area contributed by atoms with Crippen molar-refractivity contribution in [3.05, 3.63) is 71.1 Å². The van der Waals surface area contributed by atoms with Crippen molar-refractivity contribution in [3.63, 3.8) is 0 Å². The summed E-state index contributed by atoms with van der Waals surface area (Å²) < 4.78 is 35.0. The topological polar surface area (TPSA) is 132 Å². The zero-order chi connectivity index (χ0) is 25.2. The first kappa shape index (κ1) is 24.3. The third-order valence-corrected chi connectivity index (χ3v) is 6.85. The minimum Gasteiger partial charge on any atom is -0.480 e. The van der Waals surface area contributed by atoms with E-state index < -0.39 is 10.0 Å². The van der Waals surface area contributed by atoms with Gasteiger partial charge in [0, 0.05) is 24.8 Å². The number of hydrogen-bond acceptors (Lipinski definition) is 8. The molecule has 0 aliphatic heterocycles. The number of nitrogens with zero attached hydrogens (tertiary/aromatic N) is 4. The maximum absolute atomic E-state index is 13.3. The molecule has 4 rings (SSSR count). The van der Waals surface area contributed by atoms with E-state index in [4.69, 9.17) is 10.5 Å². The van der Waals surface area contributed by atoms with Crippen molar-refractivity contribution in [2.24, 2.45) is 0 Å². The highest BCUT2D eigenvalue weighted by Crippen LogP contribution is 2.29. The average Bonchev–Trinajstić information content (AvgIpc) is 2.84. The summed E-state index contributed by atoms with van der Waals surface area (Å²) in [6.45, 7) is 0.758. The molecular weight excluding hydrogens is 468 g/mol. The maximum atomic E-state index is 13.3. The molecule has 0 bridgehead atoms. The molecule has 4 aromatic rings. The summed E-state index contributed by atoms with van der Waals surface area (Å²) in [5, 5.41) is 0.338. The van der Waals surface area contributed by atoms with Crippen molar-refractivity contribution in [2.45, 2.75) is 4.90 Å². The van der Waals surface area contributed by atoms with E-state index in [1.165, 1.54) is 23.9 Å². The van der Waals surface area contributed by atoms with Gasteiger partial charge < -0.3 is 15.4 Å². The number of fused-ring (bicyclic) bond motifs is 1. The number of benzene rings is 2. The number of rotatable bonds is 8. The van der Waals surface area contributed by atoms with Crippen LogP contribution in [0.3, 0.4) is 0 Å². The fraction of sp³-hybridized carbons (Fsp3) is 0.208. The molecule has 11 heteroatoms. The lowest BCUT2D eigenvalue weighted by Crippen LogP contribution is -2.31. The molecule has 10 nitrogen and oxygen atoms in total. The molecule has 0 radical (unpaired) electrons. The Morgan fingerprint density at radius 2 is 1.83 bits per heavy atom. The van der Waals surface area contributed by atoms with Crippen LogP contribution in [0.5, 0.6) is 5.88 Å². The van der Waals surface area contributed by atoms with Crippen molar-refractivity contribution >= 4 is 26.9 Å². The zero-order valence-corrected chi connectivity index (χ0v) is 20.4. The molecule has 0 fully saturated rings. The van der Waals surface area contributed by atoms with Crippen LogP contribution in [0.25, 0.3) is 27.7 Å². The van der Waals surface area contributed by atoms with Gasteiger partial charge in [0.15, 0.2) is 0 Å². The normalized spacial score (nSPS) is 11.8. The van der Waals surface area contributed by atoms with Gasteiger partial charge in [-0.3, -0.25) is 4.79 Å². The van der Waals surface area contributed by atoms with Crippen molar-refractivity contribution in [1.29, 1.82) is 0 Å². The molecule has 35 heavy (non-hydrogen) atoms. The number of aromatic nitrogens is 3. The average molecular weight is 495 g/mol. The molecule has 0 atom stereocenters. The molecular formula is C24H26N6O4S. The Labute approximate surface area is 203 Å². The Kier molecular flexibility index (Phi) is 6.83. The first-order chi connectivity index (χ1) is 16.7. The Bertz CT molecular complexity index is 1540. The van der Waals surface area contributed by atoms with E-state index >= 15 is 0 Å². The van der Waals surface area contributed by atoms with Gasteiger partial charge in [0.25, 0.3) is 5.56 Å². The number of pyridine rings is 1. The molecule has 0 aliphatic carbocycles. The number of methoxy groups -OCH3 is 1. The van der Waals surface area contributed by atoms with Gasteiger partial charge in [0.1, 0.15) is 4.90 Å². The second-order valence-corrected chi connectivity index (χ2v) is 9.85. The van der Waals surface area contributed by atoms with Crippen molar-refractivity contribution in [3.8, 4) is 22.7 Å². The second kappa shape index (κ2) is 9.82. The molecule has 0 saturated carbocycles. The predicted octanol–water partition coefficient (Wildman–Crippen LogP) is 1.88. The monoisotopic (exact) mass is 494 g/mol. The van der Waals surface area contributed by atoms with Gasteiger partial charge in [0.2, 0.25) is 21.9 Å². The Hall–Kier alpha value is -3.80. The number of ether oxygens (including phenoxy) is 1. The van der Waals surface area contributed by atoms with Gasteiger partial charge in [-0.15, -0.1) is 0 Å². The van der Waals surface area contributed by atoms with Crippen LogP contribution in [-0.4, -0.2) is 62.1 Å². The zero-order valence-electron chi connectivity index (χ0n) is 19.6. The van der Waals surface area contributed by atoms with Crippen LogP contribution in [-0.2, 0) is 10.0 Å². The fourth-order valence-corrected chi connectivity index (χ4v) is 4.79. The number of sulfonamides is 1. The second-order valence-electron chi connectivity index (χ2n) is 8.11. The standard InChI is InChI=1S/C24H26N6O4S/c1-29(2)12-11-27-35(32,33)21-14-17(15-26-22(21)34-3)16-9-10-20-19(13-16)23(31)30(24(25)28-20)18-7-5-4-6-8-18/h4-10,13-15,27H,11-12H2,1-3H3,(H2,25,28). The molecule has 0 amide bonds. The molecule has 0 unspecified atom stereocenters. The summed E-state index contributed by atoms with van der Waals surface area (Å²) in [5.41, 5.74) is 7.87. The molecule has 182 valence electrons. The van der Waals surface area contributed by atoms with E-state index in [2.05, 4.69) is 14.7 Å². The van der Waals surface area contributed by atoms with E-state index in [0.29, 0.717) is 34.3 Å². The third kappa shape index (κ3) is 5.02. The van der Waals surface area contributed by atoms with Gasteiger partial charge in [0.05, 0.1) is 23.7 Å². The summed E-state index contributed by atoms with van der Waals surface area (Å²) in [6, 6.07) is 15.5. The summed E-state index contributed by atoms with van der Waals surface area (Å²) in [4.78, 5) is 23.7. The number of nitrogen functional groups attached to an aromatic ring is 1. The minimum atomic E-state index is -3.89. The van der Waals surface area contributed by atoms with E-state index in [1.54, 1.807) is 42.5 Å². The number of likely N-dealkylation sites (N-methyl/N-ethyl adjacent to an activating group) is 1. The Morgan fingerprint density at radius 3 is 2.51 bits per heavy atom. The molecule has 0 aliphatic rings. The SMILES string of the molecule is COc1ncc(-c2ccc3nc(N)n(-c4ccccc4)c(=O)c3c2)cc1S(=O)(=O)NCCN(C)C. The predicted molar refractivity (Wildman–Crippen MR) is 135 cm³/mol. The summed E-state index contributed by atoms with van der Waals surface area (Å²) in [7, 11) is 1.18. The van der Waals surface area contributed by atoms with E-state index in [-0.39, 0.29) is 28.8 Å². The molecule has 2 heterocycles. The van der Waals surface area contributed by atoms with Crippen LogP contribution >= 0.6 is 0 Å². The summed E-state index contributed by atoms with van der Waals surface area (Å²) >= 11 is 0. The molecule has 0 saturated heterocycles. The highest BCUT2D eigenvalue weighted by Gasteiger charge is 2.22. The Balaban J connectivity index is 1.81. The summed E-state index contributed by atoms with van der Waals surface area (Å²) in [5.74, 6) is 0.0532. The molecule has 0 spiro atoms. The quantitative estimate of drug-likeness (QED) is 0.379. The van der Waals surface area contributed by atoms with Crippen LogP contribution in [0.2, 0.25) is 0 Å². The largest absolute Gasteiger partial charge is 0.480 e. The number of hydrogen-bond donors (Lipinski definition) is 2. The number of nitrogens with one attached hydrogen (secondary N) is 1. The molecule has 2 aromatic heterocycles. The first-order valence-corrected chi connectivity index (χ1v) is 12.3. The van der Waals surface area contributed by atoms with Crippen LogP contribution < -0.4 is 20.8 Å². The lowest BCUT2D eigenvalue weighted by atomic mass is 10.1. The third-order valence-electron chi connectivity index (χ3n) is 5.39. The van der Waals surface area contributed by atoms with Gasteiger partial charge in [-0.25, -0.2) is 27.7 Å². The first-order valence-electron chi connectivity index (χ1n) is 10.8. The van der Waals surface area contributed by atoms with Gasteiger partial charge in [-0.05, 0) is 50.0 Å². The Morgan fingerprint density at radius 1 is 1.09 bits per heavy atom. The molecule has 3 N–H and O–H groups in total. The van der Waals surface area contributed by atoms with Gasteiger partial charge >= 0.3 is 0 Å². The van der Waals surface area contributed by atoms with Crippen LogP contribution in [0.15, 0.2) is 70.5 Å². The number of para-hydroxylation sites is 1. The van der Waals surface area contributed by atoms with Crippen molar-refractivity contribution < 1.29 is 13.2 Å². The lowest BCUT2D eigenvalue weighted by Gasteiger charge is -2.14. The smallest absolute Gasteiger partial charge is 0.267 e. The van der Waals surface area contributed by atoms with E-state index in [9.17, 15) is 13.2 Å². The van der Waals surface area contributed by atoms with Crippen LogP contribution in [0.1, 0.15) is 0 Å². The maximum Gasteiger partial charge on any atom is 0.267 e. The van der Waals surface area contributed by atoms with Gasteiger partial charge in [-0.1, -0.05) is 24.3 Å². The summed E-state index contributed by atoms with van der Waals surface area (Å²) in [6.07, 6.45) is 1.50. The van der Waals surface area contributed by atoms with Gasteiger partial charge in [-0.2, -0.15) is 0 Å². The molecule has 2 aromatic carbocycles.